The number of aromatic nitrogens is 1. The summed E-state index contributed by atoms with van der Waals surface area (Å²) in [5.74, 6) is -0.456. The molecular formula is C22H17Cl2N3O3S2. The van der Waals surface area contributed by atoms with E-state index in [-0.39, 0.29) is 4.90 Å². The fraction of sp³-hybridized carbons (Fsp3) is 0.0909. The first-order valence-corrected chi connectivity index (χ1v) is 12.4. The van der Waals surface area contributed by atoms with E-state index in [1.54, 1.807) is 41.9 Å². The fourth-order valence-electron chi connectivity index (χ4n) is 3.04. The van der Waals surface area contributed by atoms with Crippen LogP contribution in [-0.4, -0.2) is 18.9 Å². The fourth-order valence-corrected chi connectivity index (χ4v) is 5.63. The number of fused-ring (bicyclic) bond motifs is 1. The molecule has 0 aliphatic carbocycles. The number of nitrogens with zero attached hydrogens (tertiary/aromatic N) is 2. The molecule has 10 heteroatoms. The lowest BCUT2D eigenvalue weighted by Crippen LogP contribution is -2.14. The zero-order valence-electron chi connectivity index (χ0n) is 17.0. The van der Waals surface area contributed by atoms with E-state index in [1.807, 2.05) is 13.0 Å². The molecule has 1 N–H and O–H groups in total. The Morgan fingerprint density at radius 1 is 1.00 bits per heavy atom. The van der Waals surface area contributed by atoms with E-state index in [0.717, 1.165) is 10.3 Å². The minimum atomic E-state index is -3.72. The summed E-state index contributed by atoms with van der Waals surface area (Å²) >= 11 is 13.7. The van der Waals surface area contributed by atoms with Crippen LogP contribution in [0.15, 0.2) is 70.6 Å². The predicted octanol–water partition coefficient (Wildman–Crippen LogP) is 5.40. The molecule has 0 radical (unpaired) electrons. The molecule has 0 saturated carbocycles. The molecule has 3 aromatic carbocycles. The van der Waals surface area contributed by atoms with Gasteiger partial charge in [0.15, 0.2) is 4.80 Å². The van der Waals surface area contributed by atoms with Gasteiger partial charge in [0.05, 0.1) is 25.2 Å². The highest BCUT2D eigenvalue weighted by Crippen LogP contribution is 2.31. The van der Waals surface area contributed by atoms with Crippen molar-refractivity contribution in [2.75, 3.05) is 4.72 Å². The maximum absolute atomic E-state index is 12.7. The minimum Gasteiger partial charge on any atom is -0.318 e. The number of thiazole rings is 1. The first-order chi connectivity index (χ1) is 15.2. The van der Waals surface area contributed by atoms with Crippen molar-refractivity contribution in [2.24, 2.45) is 12.0 Å². The van der Waals surface area contributed by atoms with E-state index < -0.39 is 15.9 Å². The molecule has 0 spiro atoms. The molecule has 4 rings (SSSR count). The summed E-state index contributed by atoms with van der Waals surface area (Å²) in [5, 5.41) is 0.830. The molecule has 0 bridgehead atoms. The summed E-state index contributed by atoms with van der Waals surface area (Å²) in [7, 11) is -1.96. The number of hydrogen-bond acceptors (Lipinski definition) is 4. The van der Waals surface area contributed by atoms with Crippen LogP contribution in [0, 0.1) is 6.92 Å². The van der Waals surface area contributed by atoms with Crippen LogP contribution in [-0.2, 0) is 17.1 Å². The number of nitrogens with one attached hydrogen (secondary N) is 1. The van der Waals surface area contributed by atoms with Crippen molar-refractivity contribution in [2.45, 2.75) is 11.8 Å². The second kappa shape index (κ2) is 8.71. The van der Waals surface area contributed by atoms with E-state index in [9.17, 15) is 13.2 Å². The number of aryl methyl sites for hydroxylation is 2. The maximum atomic E-state index is 12.7. The molecule has 0 saturated heterocycles. The molecule has 0 unspecified atom stereocenters. The second-order valence-electron chi connectivity index (χ2n) is 7.06. The lowest BCUT2D eigenvalue weighted by atomic mass is 10.2. The SMILES string of the molecule is Cc1ccc(S(=O)(=O)Nc2ccc(C(=O)N=c3sc4ccc(Cl)c(Cl)c4n3C)cc2)cc1. The van der Waals surface area contributed by atoms with Crippen molar-refractivity contribution in [3.63, 3.8) is 0 Å². The van der Waals surface area contributed by atoms with Gasteiger partial charge < -0.3 is 4.57 Å². The summed E-state index contributed by atoms with van der Waals surface area (Å²) in [4.78, 5) is 17.5. The third-order valence-corrected chi connectivity index (χ3v) is 8.06. The van der Waals surface area contributed by atoms with Crippen molar-refractivity contribution < 1.29 is 13.2 Å². The molecule has 1 aromatic heterocycles. The van der Waals surface area contributed by atoms with Gasteiger partial charge in [-0.05, 0) is 55.5 Å². The quantitative estimate of drug-likeness (QED) is 0.403. The van der Waals surface area contributed by atoms with E-state index in [0.29, 0.717) is 31.6 Å². The Labute approximate surface area is 198 Å². The van der Waals surface area contributed by atoms with E-state index in [2.05, 4.69) is 9.71 Å². The average molecular weight is 506 g/mol. The molecule has 32 heavy (non-hydrogen) atoms. The number of sulfonamides is 1. The lowest BCUT2D eigenvalue weighted by molar-refractivity contribution is 0.0998. The number of amides is 1. The molecule has 4 aromatic rings. The van der Waals surface area contributed by atoms with Gasteiger partial charge in [0.2, 0.25) is 0 Å². The molecular weight excluding hydrogens is 489 g/mol. The summed E-state index contributed by atoms with van der Waals surface area (Å²) in [5.41, 5.74) is 2.34. The average Bonchev–Trinajstić information content (AvgIpc) is 3.07. The summed E-state index contributed by atoms with van der Waals surface area (Å²) in [6.45, 7) is 1.88. The molecule has 0 atom stereocenters. The summed E-state index contributed by atoms with van der Waals surface area (Å²) < 4.78 is 30.1. The Kier molecular flexibility index (Phi) is 6.13. The number of hydrogen-bond donors (Lipinski definition) is 1. The minimum absolute atomic E-state index is 0.161. The van der Waals surface area contributed by atoms with Crippen LogP contribution in [0.25, 0.3) is 10.2 Å². The Bertz CT molecular complexity index is 1510. The van der Waals surface area contributed by atoms with Crippen LogP contribution in [0.5, 0.6) is 0 Å². The molecule has 0 aliphatic rings. The molecule has 1 heterocycles. The zero-order chi connectivity index (χ0) is 23.0. The van der Waals surface area contributed by atoms with Crippen molar-refractivity contribution in [1.29, 1.82) is 0 Å². The van der Waals surface area contributed by atoms with Crippen molar-refractivity contribution in [1.82, 2.24) is 4.57 Å². The van der Waals surface area contributed by atoms with Crippen LogP contribution in [0.4, 0.5) is 5.69 Å². The summed E-state index contributed by atoms with van der Waals surface area (Å²) in [6.07, 6.45) is 0. The van der Waals surface area contributed by atoms with Gasteiger partial charge in [-0.15, -0.1) is 0 Å². The number of rotatable bonds is 4. The smallest absolute Gasteiger partial charge is 0.279 e. The number of anilines is 1. The Morgan fingerprint density at radius 2 is 1.66 bits per heavy atom. The van der Waals surface area contributed by atoms with E-state index in [1.165, 1.54) is 35.6 Å². The number of carbonyl (C=O) groups is 1. The zero-order valence-corrected chi connectivity index (χ0v) is 20.1. The largest absolute Gasteiger partial charge is 0.318 e. The Hall–Kier alpha value is -2.65. The standard InChI is InChI=1S/C22H17Cl2N3O3S2/c1-13-3-9-16(10-4-13)32(29,30)26-15-7-5-14(6-8-15)21(28)25-22-27(2)20-18(31-22)12-11-17(23)19(20)24/h3-12,26H,1-2H3. The third kappa shape index (κ3) is 4.45. The first-order valence-electron chi connectivity index (χ1n) is 9.38. The van der Waals surface area contributed by atoms with Gasteiger partial charge in [-0.3, -0.25) is 9.52 Å². The molecule has 164 valence electrons. The van der Waals surface area contributed by atoms with E-state index in [4.69, 9.17) is 23.2 Å². The van der Waals surface area contributed by atoms with Crippen molar-refractivity contribution >= 4 is 66.4 Å². The predicted molar refractivity (Wildman–Crippen MR) is 129 cm³/mol. The maximum Gasteiger partial charge on any atom is 0.279 e. The van der Waals surface area contributed by atoms with E-state index >= 15 is 0 Å². The molecule has 0 fully saturated rings. The molecule has 1 amide bonds. The van der Waals surface area contributed by atoms with Gasteiger partial charge in [0.25, 0.3) is 15.9 Å². The van der Waals surface area contributed by atoms with Gasteiger partial charge in [-0.1, -0.05) is 52.2 Å². The second-order valence-corrected chi connectivity index (χ2v) is 10.5. The van der Waals surface area contributed by atoms with Crippen molar-refractivity contribution in [3.8, 4) is 0 Å². The highest BCUT2D eigenvalue weighted by atomic mass is 35.5. The topological polar surface area (TPSA) is 80.5 Å². The normalized spacial score (nSPS) is 12.3. The third-order valence-electron chi connectivity index (χ3n) is 4.77. The van der Waals surface area contributed by atoms with Crippen LogP contribution in [0.1, 0.15) is 15.9 Å². The highest BCUT2D eigenvalue weighted by Gasteiger charge is 2.15. The lowest BCUT2D eigenvalue weighted by Gasteiger charge is -2.08. The van der Waals surface area contributed by atoms with Crippen LogP contribution in [0.2, 0.25) is 10.0 Å². The van der Waals surface area contributed by atoms with Gasteiger partial charge in [0.1, 0.15) is 0 Å². The first kappa shape index (κ1) is 22.5. The highest BCUT2D eigenvalue weighted by molar-refractivity contribution is 7.92. The van der Waals surface area contributed by atoms with Gasteiger partial charge in [-0.25, -0.2) is 8.42 Å². The van der Waals surface area contributed by atoms with Crippen LogP contribution < -0.4 is 9.52 Å². The molecule has 6 nitrogen and oxygen atoms in total. The van der Waals surface area contributed by atoms with Gasteiger partial charge in [-0.2, -0.15) is 4.99 Å². The van der Waals surface area contributed by atoms with Gasteiger partial charge >= 0.3 is 0 Å². The number of halogens is 2. The van der Waals surface area contributed by atoms with Crippen molar-refractivity contribution in [3.05, 3.63) is 86.6 Å². The summed E-state index contributed by atoms with van der Waals surface area (Å²) in [6, 6.07) is 16.2. The number of benzene rings is 3. The molecule has 0 aliphatic heterocycles. The Morgan fingerprint density at radius 3 is 2.31 bits per heavy atom. The van der Waals surface area contributed by atoms with Gasteiger partial charge in [0, 0.05) is 18.3 Å². The number of carbonyl (C=O) groups excluding carboxylic acids is 1. The van der Waals surface area contributed by atoms with Crippen LogP contribution in [0.3, 0.4) is 0 Å². The monoisotopic (exact) mass is 505 g/mol. The van der Waals surface area contributed by atoms with Crippen LogP contribution >= 0.6 is 34.5 Å². The Balaban J connectivity index is 1.59.